The van der Waals surface area contributed by atoms with Crippen LogP contribution in [0.15, 0.2) is 35.4 Å². The molecular weight excluding hydrogens is 226 g/mol. The van der Waals surface area contributed by atoms with Crippen LogP contribution in [0.3, 0.4) is 0 Å². The van der Waals surface area contributed by atoms with E-state index in [0.29, 0.717) is 0 Å². The lowest BCUT2D eigenvalue weighted by Crippen LogP contribution is -2.38. The largest absolute Gasteiger partial charge is 0.387 e. The maximum atomic E-state index is 10.7. The highest BCUT2D eigenvalue weighted by Gasteiger charge is 1.99. The SMILES string of the molecule is O=C(CO)NC(=S)NN=Cc1ccccc1. The molecule has 0 fully saturated rings. The summed E-state index contributed by atoms with van der Waals surface area (Å²) in [4.78, 5) is 10.7. The monoisotopic (exact) mass is 237 g/mol. The summed E-state index contributed by atoms with van der Waals surface area (Å²) in [5.74, 6) is -0.576. The van der Waals surface area contributed by atoms with Crippen LogP contribution in [0.1, 0.15) is 5.56 Å². The summed E-state index contributed by atoms with van der Waals surface area (Å²) in [5.41, 5.74) is 3.36. The second-order valence-corrected chi connectivity index (χ2v) is 3.22. The van der Waals surface area contributed by atoms with Gasteiger partial charge in [-0.15, -0.1) is 0 Å². The van der Waals surface area contributed by atoms with E-state index in [1.165, 1.54) is 0 Å². The van der Waals surface area contributed by atoms with Crippen LogP contribution in [0.25, 0.3) is 0 Å². The minimum atomic E-state index is -0.607. The third-order valence-corrected chi connectivity index (χ3v) is 1.77. The number of aliphatic hydroxyl groups is 1. The number of thiocarbonyl (C=S) groups is 1. The van der Waals surface area contributed by atoms with Crippen molar-refractivity contribution in [2.24, 2.45) is 5.10 Å². The molecule has 0 spiro atoms. The van der Waals surface area contributed by atoms with E-state index in [-0.39, 0.29) is 5.11 Å². The third-order valence-electron chi connectivity index (χ3n) is 1.58. The van der Waals surface area contributed by atoms with Crippen molar-refractivity contribution in [1.29, 1.82) is 0 Å². The lowest BCUT2D eigenvalue weighted by molar-refractivity contribution is -0.122. The molecule has 0 saturated heterocycles. The maximum Gasteiger partial charge on any atom is 0.251 e. The van der Waals surface area contributed by atoms with E-state index < -0.39 is 12.5 Å². The Hall–Kier alpha value is -1.79. The van der Waals surface area contributed by atoms with E-state index in [1.807, 2.05) is 30.3 Å². The van der Waals surface area contributed by atoms with Gasteiger partial charge in [-0.25, -0.2) is 0 Å². The van der Waals surface area contributed by atoms with Gasteiger partial charge in [0.05, 0.1) is 6.21 Å². The van der Waals surface area contributed by atoms with Crippen LogP contribution >= 0.6 is 12.2 Å². The van der Waals surface area contributed by atoms with Crippen molar-refractivity contribution in [2.75, 3.05) is 6.61 Å². The first-order valence-corrected chi connectivity index (χ1v) is 4.92. The van der Waals surface area contributed by atoms with Crippen LogP contribution in [0.5, 0.6) is 0 Å². The number of amides is 1. The quantitative estimate of drug-likeness (QED) is 0.393. The zero-order valence-electron chi connectivity index (χ0n) is 8.38. The number of hydrazone groups is 1. The van der Waals surface area contributed by atoms with Crippen molar-refractivity contribution in [3.05, 3.63) is 35.9 Å². The van der Waals surface area contributed by atoms with Gasteiger partial charge in [0, 0.05) is 0 Å². The van der Waals surface area contributed by atoms with E-state index in [2.05, 4.69) is 15.8 Å². The molecule has 0 radical (unpaired) electrons. The zero-order chi connectivity index (χ0) is 11.8. The van der Waals surface area contributed by atoms with Gasteiger partial charge in [0.1, 0.15) is 6.61 Å². The Morgan fingerprint density at radius 1 is 1.44 bits per heavy atom. The number of aliphatic hydroxyl groups excluding tert-OH is 1. The zero-order valence-corrected chi connectivity index (χ0v) is 9.20. The molecular formula is C10H11N3O2S. The summed E-state index contributed by atoms with van der Waals surface area (Å²) >= 11 is 4.74. The van der Waals surface area contributed by atoms with Gasteiger partial charge < -0.3 is 5.11 Å². The van der Waals surface area contributed by atoms with E-state index >= 15 is 0 Å². The van der Waals surface area contributed by atoms with Crippen molar-refractivity contribution in [2.45, 2.75) is 0 Å². The molecule has 3 N–H and O–H groups in total. The minimum Gasteiger partial charge on any atom is -0.387 e. The second-order valence-electron chi connectivity index (χ2n) is 2.82. The van der Waals surface area contributed by atoms with Crippen molar-refractivity contribution in [3.8, 4) is 0 Å². The molecule has 0 bridgehead atoms. The highest BCUT2D eigenvalue weighted by Crippen LogP contribution is 1.92. The fraction of sp³-hybridized carbons (Fsp3) is 0.100. The first-order chi connectivity index (χ1) is 7.72. The maximum absolute atomic E-state index is 10.7. The number of nitrogens with one attached hydrogen (secondary N) is 2. The molecule has 6 heteroatoms. The van der Waals surface area contributed by atoms with E-state index in [1.54, 1.807) is 6.21 Å². The number of hydrogen-bond donors (Lipinski definition) is 3. The first-order valence-electron chi connectivity index (χ1n) is 4.51. The molecule has 5 nitrogen and oxygen atoms in total. The Morgan fingerprint density at radius 2 is 2.12 bits per heavy atom. The number of benzene rings is 1. The standard InChI is InChI=1S/C10H11N3O2S/c14-7-9(15)12-10(16)13-11-6-8-4-2-1-3-5-8/h1-6,14H,7H2,(H2,12,13,15,16). The molecule has 0 aliphatic heterocycles. The normalized spacial score (nSPS) is 10.1. The Balaban J connectivity index is 2.37. The average Bonchev–Trinajstić information content (AvgIpc) is 2.30. The molecule has 1 aromatic rings. The van der Waals surface area contributed by atoms with Crippen LogP contribution in [-0.2, 0) is 4.79 Å². The van der Waals surface area contributed by atoms with E-state index in [9.17, 15) is 4.79 Å². The minimum absolute atomic E-state index is 0.0474. The second kappa shape index (κ2) is 6.65. The topological polar surface area (TPSA) is 73.7 Å². The van der Waals surface area contributed by atoms with Gasteiger partial charge in [-0.2, -0.15) is 5.10 Å². The average molecular weight is 237 g/mol. The fourth-order valence-electron chi connectivity index (χ4n) is 0.899. The Kier molecular flexibility index (Phi) is 5.10. The molecule has 1 amide bonds. The molecule has 0 unspecified atom stereocenters. The Bertz CT molecular complexity index is 392. The van der Waals surface area contributed by atoms with Crippen LogP contribution in [-0.4, -0.2) is 28.9 Å². The first kappa shape index (κ1) is 12.3. The highest BCUT2D eigenvalue weighted by molar-refractivity contribution is 7.80. The summed E-state index contributed by atoms with van der Waals surface area (Å²) in [5, 5.41) is 14.5. The molecule has 84 valence electrons. The fourth-order valence-corrected chi connectivity index (χ4v) is 1.07. The summed E-state index contributed by atoms with van der Waals surface area (Å²) < 4.78 is 0. The van der Waals surface area contributed by atoms with Crippen LogP contribution in [0.2, 0.25) is 0 Å². The number of nitrogens with zero attached hydrogens (tertiary/aromatic N) is 1. The predicted octanol–water partition coefficient (Wildman–Crippen LogP) is 0.00350. The lowest BCUT2D eigenvalue weighted by atomic mass is 10.2. The smallest absolute Gasteiger partial charge is 0.251 e. The van der Waals surface area contributed by atoms with Gasteiger partial charge in [0.2, 0.25) is 0 Å². The number of carbonyl (C=O) groups is 1. The van der Waals surface area contributed by atoms with Gasteiger partial charge >= 0.3 is 0 Å². The molecule has 0 aromatic heterocycles. The molecule has 0 aliphatic rings. The highest BCUT2D eigenvalue weighted by atomic mass is 32.1. The number of carbonyl (C=O) groups excluding carboxylic acids is 1. The number of hydrogen-bond acceptors (Lipinski definition) is 4. The van der Waals surface area contributed by atoms with Crippen molar-refractivity contribution >= 4 is 29.5 Å². The summed E-state index contributed by atoms with van der Waals surface area (Å²) in [6.45, 7) is -0.607. The van der Waals surface area contributed by atoms with Crippen molar-refractivity contribution in [1.82, 2.24) is 10.7 Å². The van der Waals surface area contributed by atoms with Crippen molar-refractivity contribution in [3.63, 3.8) is 0 Å². The van der Waals surface area contributed by atoms with E-state index in [0.717, 1.165) is 5.56 Å². The van der Waals surface area contributed by atoms with Crippen molar-refractivity contribution < 1.29 is 9.90 Å². The number of rotatable bonds is 3. The van der Waals surface area contributed by atoms with Gasteiger partial charge in [0.25, 0.3) is 5.91 Å². The molecule has 0 saturated carbocycles. The molecule has 0 heterocycles. The van der Waals surface area contributed by atoms with Gasteiger partial charge in [-0.3, -0.25) is 15.5 Å². The molecule has 1 aromatic carbocycles. The van der Waals surface area contributed by atoms with Gasteiger partial charge in [-0.05, 0) is 17.8 Å². The Labute approximate surface area is 98.2 Å². The molecule has 0 aliphatic carbocycles. The van der Waals surface area contributed by atoms with Gasteiger partial charge in [0.15, 0.2) is 5.11 Å². The predicted molar refractivity (Wildman–Crippen MR) is 65.0 cm³/mol. The lowest BCUT2D eigenvalue weighted by Gasteiger charge is -2.02. The molecule has 0 atom stereocenters. The van der Waals surface area contributed by atoms with Crippen LogP contribution < -0.4 is 10.7 Å². The van der Waals surface area contributed by atoms with Crippen LogP contribution in [0.4, 0.5) is 0 Å². The summed E-state index contributed by atoms with van der Waals surface area (Å²) in [6, 6.07) is 9.42. The third kappa shape index (κ3) is 4.63. The molecule has 1 rings (SSSR count). The van der Waals surface area contributed by atoms with Crippen LogP contribution in [0, 0.1) is 0 Å². The van der Waals surface area contributed by atoms with Gasteiger partial charge in [-0.1, -0.05) is 30.3 Å². The van der Waals surface area contributed by atoms with E-state index in [4.69, 9.17) is 17.3 Å². The summed E-state index contributed by atoms with van der Waals surface area (Å²) in [6.07, 6.45) is 1.57. The molecule has 16 heavy (non-hydrogen) atoms. The Morgan fingerprint density at radius 3 is 2.75 bits per heavy atom. The summed E-state index contributed by atoms with van der Waals surface area (Å²) in [7, 11) is 0.